The summed E-state index contributed by atoms with van der Waals surface area (Å²) in [6, 6.07) is 0.0595. The molecule has 0 unspecified atom stereocenters. The number of carboxylic acids is 1. The van der Waals surface area contributed by atoms with Crippen LogP contribution in [0.5, 0.6) is 0 Å². The summed E-state index contributed by atoms with van der Waals surface area (Å²) in [6.45, 7) is 6.86. The number of nitrogens with one attached hydrogen (secondary N) is 1. The molecule has 1 aliphatic rings. The van der Waals surface area contributed by atoms with Crippen LogP contribution in [0.2, 0.25) is 0 Å². The van der Waals surface area contributed by atoms with Gasteiger partial charge in [0.2, 0.25) is 0 Å². The molecule has 0 radical (unpaired) electrons. The molecule has 0 atom stereocenters. The zero-order chi connectivity index (χ0) is 15.7. The van der Waals surface area contributed by atoms with Crippen molar-refractivity contribution in [1.29, 1.82) is 0 Å². The van der Waals surface area contributed by atoms with Gasteiger partial charge in [-0.1, -0.05) is 26.7 Å². The van der Waals surface area contributed by atoms with Crippen LogP contribution in [0.3, 0.4) is 0 Å². The summed E-state index contributed by atoms with van der Waals surface area (Å²) in [5.41, 5.74) is 0.328. The molecule has 1 fully saturated rings. The molecule has 1 rings (SSSR count). The number of carboxylic acid groups (broad SMARTS) is 1. The molecule has 0 bridgehead atoms. The lowest BCUT2D eigenvalue weighted by Crippen LogP contribution is -2.40. The number of aliphatic carboxylic acids is 1. The Hall–Kier alpha value is -1.26. The maximum absolute atomic E-state index is 12.1. The number of amides is 2. The quantitative estimate of drug-likeness (QED) is 0.642. The van der Waals surface area contributed by atoms with E-state index in [4.69, 9.17) is 5.11 Å². The highest BCUT2D eigenvalue weighted by Crippen LogP contribution is 2.36. The molecule has 5 nitrogen and oxygen atoms in total. The number of unbranched alkanes of at least 4 members (excludes halogenated alkanes) is 3. The predicted molar refractivity (Wildman–Crippen MR) is 83.3 cm³/mol. The van der Waals surface area contributed by atoms with Crippen LogP contribution in [0.4, 0.5) is 4.79 Å². The molecule has 0 aliphatic carbocycles. The van der Waals surface area contributed by atoms with E-state index in [9.17, 15) is 9.59 Å². The number of hydrogen-bond acceptors (Lipinski definition) is 2. The van der Waals surface area contributed by atoms with E-state index in [1.54, 1.807) is 0 Å². The SMILES string of the molecule is CCC1(CC)CCN(C(=O)NCCCCCCC(=O)O)C1. The van der Waals surface area contributed by atoms with Crippen molar-refractivity contribution in [2.75, 3.05) is 19.6 Å². The van der Waals surface area contributed by atoms with Gasteiger partial charge in [0, 0.05) is 26.1 Å². The van der Waals surface area contributed by atoms with E-state index >= 15 is 0 Å². The van der Waals surface area contributed by atoms with Gasteiger partial charge in [0.05, 0.1) is 0 Å². The molecule has 21 heavy (non-hydrogen) atoms. The highest BCUT2D eigenvalue weighted by Gasteiger charge is 2.36. The minimum atomic E-state index is -0.729. The Morgan fingerprint density at radius 3 is 2.38 bits per heavy atom. The second kappa shape index (κ2) is 8.90. The topological polar surface area (TPSA) is 69.6 Å². The summed E-state index contributed by atoms with van der Waals surface area (Å²) in [5, 5.41) is 11.5. The third kappa shape index (κ3) is 5.94. The standard InChI is InChI=1S/C16H30N2O3/c1-3-16(4-2)10-12-18(13-16)15(21)17-11-8-6-5-7-9-14(19)20/h3-13H2,1-2H3,(H,17,21)(H,19,20). The normalized spacial score (nSPS) is 17.0. The zero-order valence-electron chi connectivity index (χ0n) is 13.5. The summed E-state index contributed by atoms with van der Waals surface area (Å²) in [5.74, 6) is -0.729. The Kier molecular flexibility index (Phi) is 7.54. The summed E-state index contributed by atoms with van der Waals surface area (Å²) in [4.78, 5) is 24.4. The smallest absolute Gasteiger partial charge is 0.317 e. The minimum Gasteiger partial charge on any atom is -0.481 e. The molecule has 2 amide bonds. The fraction of sp³-hybridized carbons (Fsp3) is 0.875. The predicted octanol–water partition coefficient (Wildman–Crippen LogP) is 3.24. The average Bonchev–Trinajstić information content (AvgIpc) is 2.91. The van der Waals surface area contributed by atoms with E-state index in [1.165, 1.54) is 0 Å². The Morgan fingerprint density at radius 1 is 1.14 bits per heavy atom. The van der Waals surface area contributed by atoms with Gasteiger partial charge in [-0.15, -0.1) is 0 Å². The van der Waals surface area contributed by atoms with Crippen molar-refractivity contribution in [2.24, 2.45) is 5.41 Å². The molecule has 0 spiro atoms. The molecule has 0 aromatic rings. The van der Waals surface area contributed by atoms with Gasteiger partial charge in [-0.25, -0.2) is 4.79 Å². The van der Waals surface area contributed by atoms with E-state index in [1.807, 2.05) is 4.90 Å². The van der Waals surface area contributed by atoms with Crippen molar-refractivity contribution in [1.82, 2.24) is 10.2 Å². The van der Waals surface area contributed by atoms with Crippen LogP contribution in [-0.4, -0.2) is 41.6 Å². The van der Waals surface area contributed by atoms with E-state index in [2.05, 4.69) is 19.2 Å². The molecule has 1 saturated heterocycles. The zero-order valence-corrected chi connectivity index (χ0v) is 13.5. The number of nitrogens with zero attached hydrogens (tertiary/aromatic N) is 1. The highest BCUT2D eigenvalue weighted by molar-refractivity contribution is 5.74. The van der Waals surface area contributed by atoms with Crippen LogP contribution in [0.15, 0.2) is 0 Å². The van der Waals surface area contributed by atoms with Gasteiger partial charge in [0.25, 0.3) is 0 Å². The largest absolute Gasteiger partial charge is 0.481 e. The molecule has 1 aliphatic heterocycles. The molecular weight excluding hydrogens is 268 g/mol. The maximum atomic E-state index is 12.1. The first-order valence-electron chi connectivity index (χ1n) is 8.27. The summed E-state index contributed by atoms with van der Waals surface area (Å²) in [6.07, 6.45) is 7.17. The van der Waals surface area contributed by atoms with E-state index in [0.717, 1.165) is 58.0 Å². The van der Waals surface area contributed by atoms with Crippen LogP contribution < -0.4 is 5.32 Å². The van der Waals surface area contributed by atoms with E-state index < -0.39 is 5.97 Å². The Bertz CT molecular complexity index is 340. The Morgan fingerprint density at radius 2 is 1.81 bits per heavy atom. The van der Waals surface area contributed by atoms with Gasteiger partial charge in [-0.3, -0.25) is 4.79 Å². The minimum absolute atomic E-state index is 0.0595. The molecule has 0 aromatic heterocycles. The number of hydrogen-bond donors (Lipinski definition) is 2. The lowest BCUT2D eigenvalue weighted by molar-refractivity contribution is -0.137. The van der Waals surface area contributed by atoms with Gasteiger partial charge < -0.3 is 15.3 Å². The highest BCUT2D eigenvalue weighted by atomic mass is 16.4. The number of likely N-dealkylation sites (tertiary alicyclic amines) is 1. The van der Waals surface area contributed by atoms with Crippen LogP contribution in [0.1, 0.15) is 65.2 Å². The second-order valence-electron chi connectivity index (χ2n) is 6.17. The number of carbonyl (C=O) groups excluding carboxylic acids is 1. The fourth-order valence-corrected chi connectivity index (χ4v) is 3.00. The number of rotatable bonds is 9. The molecular formula is C16H30N2O3. The maximum Gasteiger partial charge on any atom is 0.317 e. The summed E-state index contributed by atoms with van der Waals surface area (Å²) < 4.78 is 0. The third-order valence-electron chi connectivity index (χ3n) is 4.82. The fourth-order valence-electron chi connectivity index (χ4n) is 3.00. The van der Waals surface area contributed by atoms with Gasteiger partial charge >= 0.3 is 12.0 Å². The van der Waals surface area contributed by atoms with E-state index in [-0.39, 0.29) is 12.5 Å². The molecule has 0 aromatic carbocycles. The first kappa shape index (κ1) is 17.8. The van der Waals surface area contributed by atoms with E-state index in [0.29, 0.717) is 12.0 Å². The summed E-state index contributed by atoms with van der Waals surface area (Å²) in [7, 11) is 0. The average molecular weight is 298 g/mol. The molecule has 122 valence electrons. The van der Waals surface area contributed by atoms with Gasteiger partial charge in [0.15, 0.2) is 0 Å². The van der Waals surface area contributed by atoms with Crippen molar-refractivity contribution in [3.05, 3.63) is 0 Å². The van der Waals surface area contributed by atoms with Crippen molar-refractivity contribution in [3.8, 4) is 0 Å². The van der Waals surface area contributed by atoms with Crippen LogP contribution >= 0.6 is 0 Å². The lowest BCUT2D eigenvalue weighted by atomic mass is 9.82. The third-order valence-corrected chi connectivity index (χ3v) is 4.82. The first-order valence-corrected chi connectivity index (χ1v) is 8.27. The van der Waals surface area contributed by atoms with Crippen molar-refractivity contribution in [3.63, 3.8) is 0 Å². The van der Waals surface area contributed by atoms with Crippen LogP contribution in [0, 0.1) is 5.41 Å². The molecule has 1 heterocycles. The van der Waals surface area contributed by atoms with Crippen LogP contribution in [-0.2, 0) is 4.79 Å². The monoisotopic (exact) mass is 298 g/mol. The van der Waals surface area contributed by atoms with Crippen molar-refractivity contribution < 1.29 is 14.7 Å². The van der Waals surface area contributed by atoms with Gasteiger partial charge in [-0.2, -0.15) is 0 Å². The molecule has 5 heteroatoms. The molecule has 2 N–H and O–H groups in total. The first-order chi connectivity index (χ1) is 10.0. The Balaban J connectivity index is 2.11. The second-order valence-corrected chi connectivity index (χ2v) is 6.17. The van der Waals surface area contributed by atoms with Gasteiger partial charge in [0.1, 0.15) is 0 Å². The van der Waals surface area contributed by atoms with Crippen molar-refractivity contribution in [2.45, 2.75) is 65.2 Å². The van der Waals surface area contributed by atoms with Crippen LogP contribution in [0.25, 0.3) is 0 Å². The lowest BCUT2D eigenvalue weighted by Gasteiger charge is -2.26. The molecule has 0 saturated carbocycles. The summed E-state index contributed by atoms with van der Waals surface area (Å²) >= 11 is 0. The number of carbonyl (C=O) groups is 2. The Labute approximate surface area is 128 Å². The number of urea groups is 1. The van der Waals surface area contributed by atoms with Gasteiger partial charge in [-0.05, 0) is 37.5 Å². The van der Waals surface area contributed by atoms with Crippen molar-refractivity contribution >= 4 is 12.0 Å².